The van der Waals surface area contributed by atoms with Gasteiger partial charge in [-0.1, -0.05) is 13.0 Å². The molecule has 0 aromatic heterocycles. The van der Waals surface area contributed by atoms with Crippen LogP contribution in [0.3, 0.4) is 0 Å². The van der Waals surface area contributed by atoms with Crippen molar-refractivity contribution >= 4 is 17.3 Å². The van der Waals surface area contributed by atoms with Crippen LogP contribution in [-0.2, 0) is 4.79 Å². The van der Waals surface area contributed by atoms with Gasteiger partial charge in [-0.3, -0.25) is 4.79 Å². The number of carbonyl (C=O) groups is 1. The first kappa shape index (κ1) is 11.5. The van der Waals surface area contributed by atoms with Crippen molar-refractivity contribution in [3.05, 3.63) is 23.8 Å². The van der Waals surface area contributed by atoms with E-state index in [-0.39, 0.29) is 5.91 Å². The lowest BCUT2D eigenvalue weighted by Crippen LogP contribution is -2.27. The molecule has 2 aliphatic heterocycles. The van der Waals surface area contributed by atoms with Crippen LogP contribution >= 0.6 is 0 Å². The smallest absolute Gasteiger partial charge is 0.248 e. The van der Waals surface area contributed by atoms with Crippen LogP contribution in [-0.4, -0.2) is 26.0 Å². The molecule has 1 amide bonds. The summed E-state index contributed by atoms with van der Waals surface area (Å²) in [5, 5.41) is 0. The van der Waals surface area contributed by atoms with E-state index in [0.717, 1.165) is 30.3 Å². The fourth-order valence-electron chi connectivity index (χ4n) is 2.91. The van der Waals surface area contributed by atoms with E-state index in [2.05, 4.69) is 24.0 Å². The van der Waals surface area contributed by atoms with E-state index < -0.39 is 6.04 Å². The molecule has 4 heteroatoms. The highest BCUT2D eigenvalue weighted by atomic mass is 16.2. The topological polar surface area (TPSA) is 49.6 Å². The van der Waals surface area contributed by atoms with Gasteiger partial charge >= 0.3 is 0 Å². The van der Waals surface area contributed by atoms with Gasteiger partial charge in [0.15, 0.2) is 0 Å². The number of amides is 1. The van der Waals surface area contributed by atoms with Gasteiger partial charge < -0.3 is 15.5 Å². The third kappa shape index (κ3) is 1.60. The molecule has 1 aromatic carbocycles. The molecule has 96 valence electrons. The number of nitrogens with two attached hydrogens (primary N) is 1. The number of nitrogens with zero attached hydrogens (tertiary/aromatic N) is 2. The van der Waals surface area contributed by atoms with Gasteiger partial charge in [-0.25, -0.2) is 0 Å². The maximum atomic E-state index is 11.8. The molecule has 18 heavy (non-hydrogen) atoms. The first-order valence-corrected chi connectivity index (χ1v) is 6.50. The van der Waals surface area contributed by atoms with Crippen LogP contribution in [0.5, 0.6) is 0 Å². The van der Waals surface area contributed by atoms with E-state index in [0.29, 0.717) is 0 Å². The van der Waals surface area contributed by atoms with Crippen LogP contribution < -0.4 is 15.5 Å². The summed E-state index contributed by atoms with van der Waals surface area (Å²) >= 11 is 0. The SMILES string of the molecule is CC1CCN(c2ccc3c(c2)N(C)C(=O)C3N)C1. The van der Waals surface area contributed by atoms with Crippen LogP contribution in [0, 0.1) is 5.92 Å². The zero-order valence-corrected chi connectivity index (χ0v) is 10.9. The van der Waals surface area contributed by atoms with Gasteiger partial charge in [-0.05, 0) is 24.5 Å². The largest absolute Gasteiger partial charge is 0.371 e. The first-order chi connectivity index (χ1) is 8.58. The van der Waals surface area contributed by atoms with E-state index in [1.54, 1.807) is 11.9 Å². The van der Waals surface area contributed by atoms with Gasteiger partial charge in [0.05, 0.1) is 5.69 Å². The normalized spacial score (nSPS) is 26.9. The Morgan fingerprint density at radius 1 is 1.39 bits per heavy atom. The van der Waals surface area contributed by atoms with Crippen molar-refractivity contribution in [3.8, 4) is 0 Å². The standard InChI is InChI=1S/C14H19N3O/c1-9-5-6-17(8-9)10-3-4-11-12(7-10)16(2)14(18)13(11)15/h3-4,7,9,13H,5-6,8,15H2,1-2H3. The van der Waals surface area contributed by atoms with Crippen molar-refractivity contribution in [3.63, 3.8) is 0 Å². The Kier molecular flexibility index (Phi) is 2.55. The third-order valence-corrected chi connectivity index (χ3v) is 4.10. The molecule has 4 nitrogen and oxygen atoms in total. The van der Waals surface area contributed by atoms with Crippen molar-refractivity contribution in [2.75, 3.05) is 29.9 Å². The number of anilines is 2. The van der Waals surface area contributed by atoms with Crippen LogP contribution in [0.25, 0.3) is 0 Å². The Labute approximate surface area is 107 Å². The summed E-state index contributed by atoms with van der Waals surface area (Å²) in [6.07, 6.45) is 1.24. The van der Waals surface area contributed by atoms with Gasteiger partial charge in [0.2, 0.25) is 5.91 Å². The number of likely N-dealkylation sites (N-methyl/N-ethyl adjacent to an activating group) is 1. The fourth-order valence-corrected chi connectivity index (χ4v) is 2.91. The predicted octanol–water partition coefficient (Wildman–Crippen LogP) is 1.51. The van der Waals surface area contributed by atoms with Crippen molar-refractivity contribution in [1.29, 1.82) is 0 Å². The van der Waals surface area contributed by atoms with E-state index in [9.17, 15) is 4.79 Å². The van der Waals surface area contributed by atoms with E-state index in [4.69, 9.17) is 5.73 Å². The molecule has 2 aliphatic rings. The summed E-state index contributed by atoms with van der Waals surface area (Å²) in [7, 11) is 1.80. The van der Waals surface area contributed by atoms with Crippen molar-refractivity contribution in [2.45, 2.75) is 19.4 Å². The Balaban J connectivity index is 1.95. The number of hydrogen-bond acceptors (Lipinski definition) is 3. The van der Waals surface area contributed by atoms with Crippen molar-refractivity contribution in [2.24, 2.45) is 11.7 Å². The summed E-state index contributed by atoms with van der Waals surface area (Å²) in [5.74, 6) is 0.733. The third-order valence-electron chi connectivity index (χ3n) is 4.10. The number of hydrogen-bond donors (Lipinski definition) is 1. The first-order valence-electron chi connectivity index (χ1n) is 6.50. The molecule has 3 rings (SSSR count). The maximum absolute atomic E-state index is 11.8. The van der Waals surface area contributed by atoms with Crippen LogP contribution in [0.15, 0.2) is 18.2 Å². The van der Waals surface area contributed by atoms with Gasteiger partial charge in [-0.15, -0.1) is 0 Å². The Hall–Kier alpha value is -1.55. The second kappa shape index (κ2) is 3.99. The second-order valence-corrected chi connectivity index (χ2v) is 5.46. The molecule has 2 N–H and O–H groups in total. The average Bonchev–Trinajstić information content (AvgIpc) is 2.89. The van der Waals surface area contributed by atoms with Gasteiger partial charge in [0.25, 0.3) is 0 Å². The summed E-state index contributed by atoms with van der Waals surface area (Å²) < 4.78 is 0. The van der Waals surface area contributed by atoms with Crippen molar-refractivity contribution < 1.29 is 4.79 Å². The van der Waals surface area contributed by atoms with E-state index in [1.807, 2.05) is 6.07 Å². The molecule has 0 radical (unpaired) electrons. The average molecular weight is 245 g/mol. The zero-order chi connectivity index (χ0) is 12.9. The Bertz CT molecular complexity index is 500. The molecule has 0 saturated carbocycles. The Morgan fingerprint density at radius 2 is 2.17 bits per heavy atom. The minimum atomic E-state index is -0.489. The summed E-state index contributed by atoms with van der Waals surface area (Å²) in [6, 6.07) is 5.69. The Morgan fingerprint density at radius 3 is 2.83 bits per heavy atom. The van der Waals surface area contributed by atoms with Gasteiger partial charge in [0.1, 0.15) is 6.04 Å². The molecule has 1 saturated heterocycles. The number of fused-ring (bicyclic) bond motifs is 1. The van der Waals surface area contributed by atoms with Crippen LogP contribution in [0.4, 0.5) is 11.4 Å². The molecular weight excluding hydrogens is 226 g/mol. The van der Waals surface area contributed by atoms with Crippen LogP contribution in [0.2, 0.25) is 0 Å². The molecule has 1 fully saturated rings. The molecule has 1 aromatic rings. The van der Waals surface area contributed by atoms with Crippen LogP contribution in [0.1, 0.15) is 24.9 Å². The summed E-state index contributed by atoms with van der Waals surface area (Å²) in [4.78, 5) is 15.9. The summed E-state index contributed by atoms with van der Waals surface area (Å²) in [6.45, 7) is 4.48. The molecule has 2 unspecified atom stereocenters. The van der Waals surface area contributed by atoms with Gasteiger partial charge in [0, 0.05) is 31.4 Å². The molecule has 0 aliphatic carbocycles. The molecule has 0 bridgehead atoms. The molecule has 2 atom stereocenters. The second-order valence-electron chi connectivity index (χ2n) is 5.46. The number of rotatable bonds is 1. The summed E-state index contributed by atoms with van der Waals surface area (Å²) in [5.41, 5.74) is 9.01. The lowest BCUT2D eigenvalue weighted by Gasteiger charge is -2.20. The zero-order valence-electron chi connectivity index (χ0n) is 10.9. The minimum Gasteiger partial charge on any atom is -0.371 e. The minimum absolute atomic E-state index is 0.0167. The maximum Gasteiger partial charge on any atom is 0.248 e. The predicted molar refractivity (Wildman–Crippen MR) is 72.8 cm³/mol. The van der Waals surface area contributed by atoms with Crippen molar-refractivity contribution in [1.82, 2.24) is 0 Å². The van der Waals surface area contributed by atoms with Gasteiger partial charge in [-0.2, -0.15) is 0 Å². The quantitative estimate of drug-likeness (QED) is 0.816. The van der Waals surface area contributed by atoms with E-state index >= 15 is 0 Å². The molecule has 2 heterocycles. The molecule has 0 spiro atoms. The molecular formula is C14H19N3O. The highest BCUT2D eigenvalue weighted by molar-refractivity contribution is 6.04. The fraction of sp³-hybridized carbons (Fsp3) is 0.500. The lowest BCUT2D eigenvalue weighted by atomic mass is 10.1. The lowest BCUT2D eigenvalue weighted by molar-refractivity contribution is -0.118. The highest BCUT2D eigenvalue weighted by Crippen LogP contribution is 2.37. The number of carbonyl (C=O) groups excluding carboxylic acids is 1. The highest BCUT2D eigenvalue weighted by Gasteiger charge is 2.33. The monoisotopic (exact) mass is 245 g/mol. The van der Waals surface area contributed by atoms with E-state index in [1.165, 1.54) is 12.1 Å². The number of benzene rings is 1.